The van der Waals surface area contributed by atoms with Gasteiger partial charge in [-0.3, -0.25) is 9.69 Å². The summed E-state index contributed by atoms with van der Waals surface area (Å²) in [6.07, 6.45) is 4.52. The van der Waals surface area contributed by atoms with E-state index in [1.165, 1.54) is 17.7 Å². The molecule has 0 saturated carbocycles. The van der Waals surface area contributed by atoms with Crippen molar-refractivity contribution in [2.75, 3.05) is 39.5 Å². The maximum absolute atomic E-state index is 12.3. The summed E-state index contributed by atoms with van der Waals surface area (Å²) in [5.74, 6) is 0.920. The number of benzene rings is 1. The number of hydrogen-bond acceptors (Lipinski definition) is 4. The minimum Gasteiger partial charge on any atom is -0.319 e. The zero-order valence-corrected chi connectivity index (χ0v) is 13.2. The Bertz CT molecular complexity index is 431. The summed E-state index contributed by atoms with van der Waals surface area (Å²) in [6.45, 7) is 3.69. The Morgan fingerprint density at radius 1 is 1.40 bits per heavy atom. The van der Waals surface area contributed by atoms with Crippen LogP contribution in [-0.2, 0) is 0 Å². The van der Waals surface area contributed by atoms with E-state index in [-0.39, 0.29) is 5.78 Å². The first-order valence-electron chi connectivity index (χ1n) is 7.27. The molecule has 1 unspecified atom stereocenters. The van der Waals surface area contributed by atoms with Crippen LogP contribution in [0.1, 0.15) is 23.2 Å². The summed E-state index contributed by atoms with van der Waals surface area (Å²) >= 11 is 1.70. The van der Waals surface area contributed by atoms with Gasteiger partial charge in [-0.25, -0.2) is 0 Å². The van der Waals surface area contributed by atoms with Crippen molar-refractivity contribution in [1.29, 1.82) is 0 Å². The van der Waals surface area contributed by atoms with Crippen molar-refractivity contribution < 1.29 is 4.79 Å². The fourth-order valence-electron chi connectivity index (χ4n) is 2.82. The number of hydrogen-bond donors (Lipinski definition) is 1. The molecular weight excluding hydrogens is 268 g/mol. The van der Waals surface area contributed by atoms with E-state index in [9.17, 15) is 4.79 Å². The minimum atomic E-state index is 0.239. The molecule has 1 aromatic rings. The second kappa shape index (κ2) is 7.81. The number of nitrogens with one attached hydrogen (secondary N) is 1. The lowest BCUT2D eigenvalue weighted by Crippen LogP contribution is -2.41. The van der Waals surface area contributed by atoms with Gasteiger partial charge in [0, 0.05) is 17.0 Å². The number of thioether (sulfide) groups is 1. The van der Waals surface area contributed by atoms with Crippen molar-refractivity contribution in [2.45, 2.75) is 17.7 Å². The zero-order chi connectivity index (χ0) is 14.4. The molecule has 0 bridgehead atoms. The predicted molar refractivity (Wildman–Crippen MR) is 85.6 cm³/mol. The highest BCUT2D eigenvalue weighted by atomic mass is 32.2. The maximum atomic E-state index is 12.3. The minimum absolute atomic E-state index is 0.239. The molecule has 1 aliphatic heterocycles. The number of likely N-dealkylation sites (tertiary alicyclic amines) is 1. The Balaban J connectivity index is 1.89. The topological polar surface area (TPSA) is 32.3 Å². The van der Waals surface area contributed by atoms with E-state index >= 15 is 0 Å². The summed E-state index contributed by atoms with van der Waals surface area (Å²) < 4.78 is 0. The molecule has 1 saturated heterocycles. The molecule has 1 aromatic carbocycles. The Kier molecular flexibility index (Phi) is 6.07. The largest absolute Gasteiger partial charge is 0.319 e. The third-order valence-corrected chi connectivity index (χ3v) is 4.62. The van der Waals surface area contributed by atoms with E-state index in [1.54, 1.807) is 11.8 Å². The number of nitrogens with zero attached hydrogens (tertiary/aromatic N) is 1. The first-order chi connectivity index (χ1) is 9.72. The first-order valence-corrected chi connectivity index (χ1v) is 8.49. The summed E-state index contributed by atoms with van der Waals surface area (Å²) in [7, 11) is 2.00. The van der Waals surface area contributed by atoms with Crippen LogP contribution < -0.4 is 5.32 Å². The number of carbonyl (C=O) groups excluding carboxylic acids is 1. The second-order valence-corrected chi connectivity index (χ2v) is 6.33. The lowest BCUT2D eigenvalue weighted by molar-refractivity contribution is 0.0886. The third-order valence-electron chi connectivity index (χ3n) is 3.88. The van der Waals surface area contributed by atoms with Gasteiger partial charge in [-0.05, 0) is 57.3 Å². The standard InChI is InChI=1S/C16H24N2OS/c1-17-10-13-4-3-9-18(11-13)12-16(19)14-5-7-15(20-2)8-6-14/h5-8,13,17H,3-4,9-12H2,1-2H3. The van der Waals surface area contributed by atoms with Crippen molar-refractivity contribution in [3.63, 3.8) is 0 Å². The van der Waals surface area contributed by atoms with E-state index < -0.39 is 0 Å². The van der Waals surface area contributed by atoms with Crippen molar-refractivity contribution in [3.8, 4) is 0 Å². The molecule has 1 atom stereocenters. The maximum Gasteiger partial charge on any atom is 0.176 e. The number of carbonyl (C=O) groups is 1. The number of rotatable bonds is 6. The molecule has 0 amide bonds. The van der Waals surface area contributed by atoms with Crippen molar-refractivity contribution in [2.24, 2.45) is 5.92 Å². The molecule has 110 valence electrons. The predicted octanol–water partition coefficient (Wildman–Crippen LogP) is 2.52. The molecule has 1 heterocycles. The van der Waals surface area contributed by atoms with Crippen LogP contribution in [0.4, 0.5) is 0 Å². The molecule has 2 rings (SSSR count). The Morgan fingerprint density at radius 2 is 2.15 bits per heavy atom. The lowest BCUT2D eigenvalue weighted by atomic mass is 9.97. The summed E-state index contributed by atoms with van der Waals surface area (Å²) in [6, 6.07) is 7.95. The average Bonchev–Trinajstić information content (AvgIpc) is 2.48. The summed E-state index contributed by atoms with van der Waals surface area (Å²) in [5, 5.41) is 3.24. The van der Waals surface area contributed by atoms with Crippen LogP contribution in [0.3, 0.4) is 0 Å². The van der Waals surface area contributed by atoms with Crippen LogP contribution in [-0.4, -0.2) is 50.2 Å². The number of piperidine rings is 1. The van der Waals surface area contributed by atoms with Gasteiger partial charge in [0.05, 0.1) is 6.54 Å². The van der Waals surface area contributed by atoms with Gasteiger partial charge in [0.15, 0.2) is 5.78 Å². The molecule has 0 aromatic heterocycles. The van der Waals surface area contributed by atoms with Crippen LogP contribution >= 0.6 is 11.8 Å². The van der Waals surface area contributed by atoms with Gasteiger partial charge >= 0.3 is 0 Å². The molecule has 4 heteroatoms. The van der Waals surface area contributed by atoms with Crippen LogP contribution in [0, 0.1) is 5.92 Å². The third kappa shape index (κ3) is 4.33. The second-order valence-electron chi connectivity index (χ2n) is 5.45. The summed E-state index contributed by atoms with van der Waals surface area (Å²) in [5.41, 5.74) is 0.832. The summed E-state index contributed by atoms with van der Waals surface area (Å²) in [4.78, 5) is 15.8. The monoisotopic (exact) mass is 292 g/mol. The fourth-order valence-corrected chi connectivity index (χ4v) is 3.23. The molecule has 0 radical (unpaired) electrons. The lowest BCUT2D eigenvalue weighted by Gasteiger charge is -2.32. The number of ketones is 1. The quantitative estimate of drug-likeness (QED) is 0.645. The van der Waals surface area contributed by atoms with E-state index in [0.717, 1.165) is 25.2 Å². The first kappa shape index (κ1) is 15.5. The highest BCUT2D eigenvalue weighted by molar-refractivity contribution is 7.98. The normalized spacial score (nSPS) is 20.0. The number of Topliss-reactive ketones (excluding diaryl/α,β-unsaturated/α-hetero) is 1. The Labute approximate surface area is 126 Å². The smallest absolute Gasteiger partial charge is 0.176 e. The van der Waals surface area contributed by atoms with E-state index in [0.29, 0.717) is 12.5 Å². The SMILES string of the molecule is CNCC1CCCN(CC(=O)c2ccc(SC)cc2)C1. The molecule has 3 nitrogen and oxygen atoms in total. The molecule has 1 aliphatic rings. The molecule has 1 N–H and O–H groups in total. The Morgan fingerprint density at radius 3 is 2.80 bits per heavy atom. The highest BCUT2D eigenvalue weighted by Crippen LogP contribution is 2.18. The van der Waals surface area contributed by atoms with Crippen molar-refractivity contribution in [1.82, 2.24) is 10.2 Å². The average molecular weight is 292 g/mol. The van der Waals surface area contributed by atoms with Crippen LogP contribution in [0.5, 0.6) is 0 Å². The van der Waals surface area contributed by atoms with Gasteiger partial charge in [0.1, 0.15) is 0 Å². The van der Waals surface area contributed by atoms with E-state index in [1.807, 2.05) is 37.6 Å². The van der Waals surface area contributed by atoms with Crippen LogP contribution in [0.15, 0.2) is 29.2 Å². The molecular formula is C16H24N2OS. The molecule has 0 aliphatic carbocycles. The molecule has 0 spiro atoms. The van der Waals surface area contributed by atoms with Gasteiger partial charge < -0.3 is 5.32 Å². The van der Waals surface area contributed by atoms with Crippen molar-refractivity contribution in [3.05, 3.63) is 29.8 Å². The highest BCUT2D eigenvalue weighted by Gasteiger charge is 2.21. The zero-order valence-electron chi connectivity index (χ0n) is 12.4. The van der Waals surface area contributed by atoms with Gasteiger partial charge in [0.25, 0.3) is 0 Å². The van der Waals surface area contributed by atoms with Gasteiger partial charge in [-0.2, -0.15) is 0 Å². The Hall–Kier alpha value is -0.840. The van der Waals surface area contributed by atoms with Crippen molar-refractivity contribution >= 4 is 17.5 Å². The van der Waals surface area contributed by atoms with Crippen LogP contribution in [0.2, 0.25) is 0 Å². The fraction of sp³-hybridized carbons (Fsp3) is 0.562. The van der Waals surface area contributed by atoms with E-state index in [2.05, 4.69) is 10.2 Å². The van der Waals surface area contributed by atoms with Gasteiger partial charge in [0.2, 0.25) is 0 Å². The molecule has 1 fully saturated rings. The van der Waals surface area contributed by atoms with Gasteiger partial charge in [-0.1, -0.05) is 12.1 Å². The van der Waals surface area contributed by atoms with Crippen LogP contribution in [0.25, 0.3) is 0 Å². The van der Waals surface area contributed by atoms with Gasteiger partial charge in [-0.15, -0.1) is 11.8 Å². The molecule has 20 heavy (non-hydrogen) atoms. The van der Waals surface area contributed by atoms with E-state index in [4.69, 9.17) is 0 Å².